The number of benzene rings is 1. The van der Waals surface area contributed by atoms with Crippen molar-refractivity contribution in [3.8, 4) is 0 Å². The summed E-state index contributed by atoms with van der Waals surface area (Å²) in [4.78, 5) is 11.5. The molecule has 3 heteroatoms. The Morgan fingerprint density at radius 3 is 2.23 bits per heavy atom. The molecule has 0 saturated heterocycles. The first-order valence-corrected chi connectivity index (χ1v) is 8.44. The molecule has 1 aliphatic rings. The molecule has 2 rings (SSSR count). The molecule has 1 nitrogen and oxygen atoms in total. The number of halogens is 2. The van der Waals surface area contributed by atoms with Gasteiger partial charge in [-0.3, -0.25) is 4.79 Å². The lowest BCUT2D eigenvalue weighted by molar-refractivity contribution is 0.0221. The average molecular weight is 308 g/mol. The predicted octanol–water partition coefficient (Wildman–Crippen LogP) is 5.99. The second-order valence-electron chi connectivity index (χ2n) is 6.70. The summed E-state index contributed by atoms with van der Waals surface area (Å²) in [5.74, 6) is -3.01. The van der Waals surface area contributed by atoms with Crippen LogP contribution in [-0.2, 0) is 0 Å². The van der Waals surface area contributed by atoms with Crippen LogP contribution < -0.4 is 0 Å². The zero-order valence-electron chi connectivity index (χ0n) is 13.6. The van der Waals surface area contributed by atoms with E-state index in [1.54, 1.807) is 12.1 Å². The van der Waals surface area contributed by atoms with Crippen molar-refractivity contribution in [2.45, 2.75) is 70.6 Å². The number of ketones is 1. The lowest BCUT2D eigenvalue weighted by Crippen LogP contribution is -2.24. The van der Waals surface area contributed by atoms with Crippen LogP contribution in [0.5, 0.6) is 0 Å². The minimum absolute atomic E-state index is 0.105. The van der Waals surface area contributed by atoms with E-state index in [1.165, 1.54) is 50.5 Å². The molecule has 0 unspecified atom stereocenters. The summed E-state index contributed by atoms with van der Waals surface area (Å²) < 4.78 is 26.1. The van der Waals surface area contributed by atoms with Gasteiger partial charge in [0.15, 0.2) is 0 Å². The Morgan fingerprint density at radius 2 is 1.73 bits per heavy atom. The van der Waals surface area contributed by atoms with Crippen molar-refractivity contribution in [1.82, 2.24) is 0 Å². The smallest absolute Gasteiger partial charge is 0.287 e. The minimum atomic E-state index is -3.29. The second-order valence-corrected chi connectivity index (χ2v) is 6.70. The third-order valence-electron chi connectivity index (χ3n) is 4.86. The van der Waals surface area contributed by atoms with Gasteiger partial charge in [-0.15, -0.1) is 0 Å². The van der Waals surface area contributed by atoms with Crippen molar-refractivity contribution in [2.75, 3.05) is 0 Å². The van der Waals surface area contributed by atoms with E-state index in [2.05, 4.69) is 6.92 Å². The number of carbonyl (C=O) groups excluding carboxylic acids is 1. The Kier molecular flexibility index (Phi) is 5.71. The van der Waals surface area contributed by atoms with Gasteiger partial charge in [-0.25, -0.2) is 0 Å². The summed E-state index contributed by atoms with van der Waals surface area (Å²) in [6.07, 6.45) is 8.78. The Labute approximate surface area is 132 Å². The van der Waals surface area contributed by atoms with E-state index in [0.29, 0.717) is 12.8 Å². The lowest BCUT2D eigenvalue weighted by atomic mass is 9.77. The maximum atomic E-state index is 13.1. The topological polar surface area (TPSA) is 17.1 Å². The number of unbranched alkanes of at least 4 members (excludes halogenated alkanes) is 1. The van der Waals surface area contributed by atoms with E-state index < -0.39 is 11.7 Å². The van der Waals surface area contributed by atoms with Gasteiger partial charge >= 0.3 is 5.92 Å². The van der Waals surface area contributed by atoms with Crippen LogP contribution in [0.4, 0.5) is 8.78 Å². The molecule has 0 bridgehead atoms. The molecule has 1 aliphatic carbocycles. The molecule has 0 N–H and O–H groups in total. The zero-order chi connectivity index (χ0) is 16.2. The van der Waals surface area contributed by atoms with Crippen molar-refractivity contribution in [2.24, 2.45) is 5.92 Å². The molecule has 0 spiro atoms. The zero-order valence-corrected chi connectivity index (χ0v) is 13.6. The average Bonchev–Trinajstić information content (AvgIpc) is 2.52. The fraction of sp³-hybridized carbons (Fsp3) is 0.632. The highest BCUT2D eigenvalue weighted by molar-refractivity contribution is 6.01. The molecular formula is C19H26F2O. The van der Waals surface area contributed by atoms with E-state index >= 15 is 0 Å². The number of alkyl halides is 2. The number of hydrogen-bond acceptors (Lipinski definition) is 1. The maximum absolute atomic E-state index is 13.1. The summed E-state index contributed by atoms with van der Waals surface area (Å²) in [5.41, 5.74) is 1.29. The molecule has 0 radical (unpaired) electrons. The number of Topliss-reactive ketones (excluding diaryl/α,β-unsaturated/α-hetero) is 1. The molecule has 1 aromatic rings. The van der Waals surface area contributed by atoms with Gasteiger partial charge in [0.1, 0.15) is 0 Å². The van der Waals surface area contributed by atoms with E-state index in [4.69, 9.17) is 0 Å². The number of rotatable bonds is 6. The third-order valence-corrected chi connectivity index (χ3v) is 4.86. The molecule has 1 aromatic carbocycles. The van der Waals surface area contributed by atoms with Crippen LogP contribution >= 0.6 is 0 Å². The first-order chi connectivity index (χ1) is 10.4. The Balaban J connectivity index is 1.93. The summed E-state index contributed by atoms with van der Waals surface area (Å²) in [5, 5.41) is 0. The van der Waals surface area contributed by atoms with Gasteiger partial charge in [0.2, 0.25) is 5.78 Å². The van der Waals surface area contributed by atoms with E-state index in [9.17, 15) is 13.6 Å². The first-order valence-electron chi connectivity index (χ1n) is 8.44. The van der Waals surface area contributed by atoms with Crippen molar-refractivity contribution in [1.29, 1.82) is 0 Å². The molecule has 0 amide bonds. The van der Waals surface area contributed by atoms with Crippen LogP contribution in [0.3, 0.4) is 0 Å². The van der Waals surface area contributed by atoms with Crippen LogP contribution in [0.15, 0.2) is 24.3 Å². The molecule has 0 atom stereocenters. The number of hydrogen-bond donors (Lipinski definition) is 0. The van der Waals surface area contributed by atoms with Crippen molar-refractivity contribution >= 4 is 5.78 Å². The van der Waals surface area contributed by atoms with Crippen LogP contribution in [0.25, 0.3) is 0 Å². The van der Waals surface area contributed by atoms with E-state index in [0.717, 1.165) is 5.92 Å². The fourth-order valence-electron chi connectivity index (χ4n) is 3.44. The van der Waals surface area contributed by atoms with Crippen LogP contribution in [0.2, 0.25) is 0 Å². The standard InChI is InChI=1S/C19H26F2O/c1-3-4-5-14-6-8-15(9-7-14)16-10-12-17(13-11-16)18(22)19(2,20)21/h10-15H,3-9H2,1-2H3. The van der Waals surface area contributed by atoms with Gasteiger partial charge in [0.05, 0.1) is 0 Å². The Hall–Kier alpha value is -1.25. The normalized spacial score (nSPS) is 22.5. The third kappa shape index (κ3) is 4.37. The Morgan fingerprint density at radius 1 is 1.14 bits per heavy atom. The molecule has 0 heterocycles. The van der Waals surface area contributed by atoms with Gasteiger partial charge in [-0.05, 0) is 43.1 Å². The summed E-state index contributed by atoms with van der Waals surface area (Å²) >= 11 is 0. The van der Waals surface area contributed by atoms with Crippen molar-refractivity contribution in [3.63, 3.8) is 0 Å². The second kappa shape index (κ2) is 7.34. The lowest BCUT2D eigenvalue weighted by Gasteiger charge is -2.29. The highest BCUT2D eigenvalue weighted by Gasteiger charge is 2.33. The van der Waals surface area contributed by atoms with Crippen molar-refractivity contribution in [3.05, 3.63) is 35.4 Å². The van der Waals surface area contributed by atoms with Crippen LogP contribution in [-0.4, -0.2) is 11.7 Å². The van der Waals surface area contributed by atoms with Gasteiger partial charge in [0.25, 0.3) is 0 Å². The summed E-state index contributed by atoms with van der Waals surface area (Å²) in [6, 6.07) is 6.82. The molecular weight excluding hydrogens is 282 g/mol. The highest BCUT2D eigenvalue weighted by Crippen LogP contribution is 2.37. The largest absolute Gasteiger partial charge is 0.307 e. The summed E-state index contributed by atoms with van der Waals surface area (Å²) in [6.45, 7) is 2.88. The SMILES string of the molecule is CCCCC1CCC(c2ccc(C(=O)C(C)(F)F)cc2)CC1. The van der Waals surface area contributed by atoms with E-state index in [-0.39, 0.29) is 5.56 Å². The maximum Gasteiger partial charge on any atom is 0.307 e. The molecule has 1 saturated carbocycles. The van der Waals surface area contributed by atoms with Gasteiger partial charge in [0, 0.05) is 12.5 Å². The molecule has 0 aromatic heterocycles. The van der Waals surface area contributed by atoms with Gasteiger partial charge < -0.3 is 0 Å². The Bertz CT molecular complexity index is 479. The molecule has 22 heavy (non-hydrogen) atoms. The molecule has 0 aliphatic heterocycles. The molecule has 1 fully saturated rings. The highest BCUT2D eigenvalue weighted by atomic mass is 19.3. The molecule has 122 valence electrons. The van der Waals surface area contributed by atoms with Crippen LogP contribution in [0, 0.1) is 5.92 Å². The summed E-state index contributed by atoms with van der Waals surface area (Å²) in [7, 11) is 0. The quantitative estimate of drug-likeness (QED) is 0.590. The van der Waals surface area contributed by atoms with Gasteiger partial charge in [-0.2, -0.15) is 8.78 Å². The fourth-order valence-corrected chi connectivity index (χ4v) is 3.44. The van der Waals surface area contributed by atoms with Crippen LogP contribution in [0.1, 0.15) is 80.6 Å². The predicted molar refractivity (Wildman–Crippen MR) is 85.6 cm³/mol. The van der Waals surface area contributed by atoms with Crippen molar-refractivity contribution < 1.29 is 13.6 Å². The monoisotopic (exact) mass is 308 g/mol. The first kappa shape index (κ1) is 17.1. The van der Waals surface area contributed by atoms with E-state index in [1.807, 2.05) is 12.1 Å². The van der Waals surface area contributed by atoms with Gasteiger partial charge in [-0.1, -0.05) is 50.5 Å². The minimum Gasteiger partial charge on any atom is -0.287 e. The number of carbonyl (C=O) groups is 1.